The van der Waals surface area contributed by atoms with Crippen molar-refractivity contribution in [3.05, 3.63) is 0 Å². The quantitative estimate of drug-likeness (QED) is 0.736. The predicted octanol–water partition coefficient (Wildman–Crippen LogP) is 1.01. The summed E-state index contributed by atoms with van der Waals surface area (Å²) in [5, 5.41) is 6.64. The van der Waals surface area contributed by atoms with Crippen molar-refractivity contribution in [1.82, 2.24) is 14.9 Å². The Labute approximate surface area is 145 Å². The summed E-state index contributed by atoms with van der Waals surface area (Å²) in [6.45, 7) is 1.29. The van der Waals surface area contributed by atoms with Gasteiger partial charge in [-0.25, -0.2) is 12.7 Å². The van der Waals surface area contributed by atoms with Crippen LogP contribution in [0, 0.1) is 0 Å². The summed E-state index contributed by atoms with van der Waals surface area (Å²) in [5.74, 6) is 0.0978. The first kappa shape index (κ1) is 19.0. The number of sulfonamides is 1. The highest BCUT2D eigenvalue weighted by Crippen LogP contribution is 2.26. The van der Waals surface area contributed by atoms with Crippen molar-refractivity contribution >= 4 is 28.3 Å². The van der Waals surface area contributed by atoms with E-state index in [4.69, 9.17) is 0 Å². The van der Waals surface area contributed by atoms with Gasteiger partial charge in [0.15, 0.2) is 0 Å². The van der Waals surface area contributed by atoms with Crippen LogP contribution < -0.4 is 10.6 Å². The molecule has 8 heteroatoms. The molecular weight excluding hydrogens is 338 g/mol. The highest BCUT2D eigenvalue weighted by atomic mass is 35.5. The minimum absolute atomic E-state index is 0. The lowest BCUT2D eigenvalue weighted by Gasteiger charge is -2.29. The third kappa shape index (κ3) is 5.05. The average molecular weight is 366 g/mol. The van der Waals surface area contributed by atoms with Crippen molar-refractivity contribution < 1.29 is 13.2 Å². The van der Waals surface area contributed by atoms with Gasteiger partial charge in [0.2, 0.25) is 15.9 Å². The predicted molar refractivity (Wildman–Crippen MR) is 92.2 cm³/mol. The summed E-state index contributed by atoms with van der Waals surface area (Å²) in [5.41, 5.74) is 0. The van der Waals surface area contributed by atoms with Gasteiger partial charge >= 0.3 is 0 Å². The standard InChI is InChI=1S/C15H27N3O3S.ClH/c19-15(17-14-10-12-5-6-13(11-14)16-12)4-3-9-22(20,21)18-7-1-2-8-18;/h12-14,16H,1-11H2,(H,17,19);1H. The molecule has 3 fully saturated rings. The number of carbonyl (C=O) groups excluding carboxylic acids is 1. The van der Waals surface area contributed by atoms with Crippen molar-refractivity contribution in [2.24, 2.45) is 0 Å². The minimum atomic E-state index is -3.15. The Kier molecular flexibility index (Phi) is 6.71. The van der Waals surface area contributed by atoms with Crippen LogP contribution in [0.25, 0.3) is 0 Å². The van der Waals surface area contributed by atoms with Crippen molar-refractivity contribution in [2.45, 2.75) is 69.5 Å². The van der Waals surface area contributed by atoms with E-state index >= 15 is 0 Å². The lowest BCUT2D eigenvalue weighted by molar-refractivity contribution is -0.122. The average Bonchev–Trinajstić information content (AvgIpc) is 3.09. The fourth-order valence-electron chi connectivity index (χ4n) is 3.99. The first-order chi connectivity index (χ1) is 10.5. The highest BCUT2D eigenvalue weighted by molar-refractivity contribution is 7.89. The molecule has 0 aromatic rings. The summed E-state index contributed by atoms with van der Waals surface area (Å²) in [6, 6.07) is 1.38. The second-order valence-corrected chi connectivity index (χ2v) is 8.99. The maximum absolute atomic E-state index is 12.1. The molecule has 2 N–H and O–H groups in total. The Morgan fingerprint density at radius 1 is 1.13 bits per heavy atom. The molecule has 1 amide bonds. The molecule has 0 aliphatic carbocycles. The molecule has 0 aromatic heterocycles. The Bertz CT molecular complexity index is 496. The smallest absolute Gasteiger partial charge is 0.220 e. The van der Waals surface area contributed by atoms with Gasteiger partial charge in [-0.3, -0.25) is 4.79 Å². The SMILES string of the molecule is Cl.O=C(CCCS(=O)(=O)N1CCCC1)NC1CC2CCC(C1)N2. The lowest BCUT2D eigenvalue weighted by Crippen LogP contribution is -2.48. The lowest BCUT2D eigenvalue weighted by atomic mass is 10.00. The molecule has 0 aromatic carbocycles. The second-order valence-electron chi connectivity index (χ2n) is 6.90. The van der Waals surface area contributed by atoms with Gasteiger partial charge in [0.25, 0.3) is 0 Å². The number of hydrogen-bond acceptors (Lipinski definition) is 4. The Morgan fingerprint density at radius 2 is 1.74 bits per heavy atom. The van der Waals surface area contributed by atoms with Crippen LogP contribution in [0.15, 0.2) is 0 Å². The number of nitrogens with zero attached hydrogens (tertiary/aromatic N) is 1. The molecule has 2 atom stereocenters. The van der Waals surface area contributed by atoms with E-state index in [-0.39, 0.29) is 30.1 Å². The van der Waals surface area contributed by atoms with Crippen LogP contribution in [0.5, 0.6) is 0 Å². The van der Waals surface area contributed by atoms with Gasteiger partial charge in [-0.15, -0.1) is 12.4 Å². The van der Waals surface area contributed by atoms with Gasteiger partial charge < -0.3 is 10.6 Å². The zero-order chi connectivity index (χ0) is 15.6. The molecule has 0 saturated carbocycles. The fourth-order valence-corrected chi connectivity index (χ4v) is 5.57. The number of rotatable bonds is 6. The fraction of sp³-hybridized carbons (Fsp3) is 0.933. The maximum Gasteiger partial charge on any atom is 0.220 e. The molecule has 2 bridgehead atoms. The zero-order valence-corrected chi connectivity index (χ0v) is 15.1. The van der Waals surface area contributed by atoms with Gasteiger partial charge in [-0.1, -0.05) is 0 Å². The van der Waals surface area contributed by atoms with E-state index in [9.17, 15) is 13.2 Å². The number of halogens is 1. The summed E-state index contributed by atoms with van der Waals surface area (Å²) < 4.78 is 25.7. The normalized spacial score (nSPS) is 30.9. The maximum atomic E-state index is 12.1. The number of amides is 1. The van der Waals surface area contributed by atoms with E-state index in [0.29, 0.717) is 38.0 Å². The highest BCUT2D eigenvalue weighted by Gasteiger charge is 2.34. The van der Waals surface area contributed by atoms with Gasteiger partial charge in [0, 0.05) is 37.6 Å². The summed E-state index contributed by atoms with van der Waals surface area (Å²) in [7, 11) is -3.15. The van der Waals surface area contributed by atoms with E-state index < -0.39 is 10.0 Å². The number of carbonyl (C=O) groups is 1. The molecule has 3 heterocycles. The van der Waals surface area contributed by atoms with E-state index in [1.54, 1.807) is 4.31 Å². The Morgan fingerprint density at radius 3 is 2.35 bits per heavy atom. The molecule has 134 valence electrons. The third-order valence-electron chi connectivity index (χ3n) is 5.10. The Balaban J connectivity index is 0.00000192. The number of nitrogens with one attached hydrogen (secondary N) is 2. The van der Waals surface area contributed by atoms with Crippen LogP contribution in [0.3, 0.4) is 0 Å². The van der Waals surface area contributed by atoms with E-state index in [1.165, 1.54) is 12.8 Å². The van der Waals surface area contributed by atoms with Crippen LogP contribution in [-0.4, -0.2) is 55.6 Å². The van der Waals surface area contributed by atoms with E-state index in [1.807, 2.05) is 0 Å². The number of hydrogen-bond donors (Lipinski definition) is 2. The van der Waals surface area contributed by atoms with Crippen molar-refractivity contribution in [3.8, 4) is 0 Å². The number of piperidine rings is 1. The minimum Gasteiger partial charge on any atom is -0.353 e. The first-order valence-corrected chi connectivity index (χ1v) is 10.2. The second kappa shape index (κ2) is 8.14. The van der Waals surface area contributed by atoms with E-state index in [0.717, 1.165) is 25.7 Å². The summed E-state index contributed by atoms with van der Waals surface area (Å²) in [6.07, 6.45) is 7.09. The van der Waals surface area contributed by atoms with Gasteiger partial charge in [0.05, 0.1) is 5.75 Å². The molecule has 3 aliphatic heterocycles. The molecule has 0 radical (unpaired) electrons. The third-order valence-corrected chi connectivity index (χ3v) is 7.06. The van der Waals surface area contributed by atoms with Gasteiger partial charge in [-0.2, -0.15) is 0 Å². The molecule has 0 spiro atoms. The first-order valence-electron chi connectivity index (χ1n) is 8.56. The monoisotopic (exact) mass is 365 g/mol. The molecule has 6 nitrogen and oxygen atoms in total. The van der Waals surface area contributed by atoms with Gasteiger partial charge in [0.1, 0.15) is 0 Å². The van der Waals surface area contributed by atoms with Crippen LogP contribution in [0.2, 0.25) is 0 Å². The van der Waals surface area contributed by atoms with Crippen LogP contribution in [-0.2, 0) is 14.8 Å². The van der Waals surface area contributed by atoms with Crippen molar-refractivity contribution in [3.63, 3.8) is 0 Å². The largest absolute Gasteiger partial charge is 0.353 e. The summed E-state index contributed by atoms with van der Waals surface area (Å²) in [4.78, 5) is 12.0. The molecule has 3 aliphatic rings. The number of fused-ring (bicyclic) bond motifs is 2. The van der Waals surface area contributed by atoms with Crippen molar-refractivity contribution in [2.75, 3.05) is 18.8 Å². The van der Waals surface area contributed by atoms with Gasteiger partial charge in [-0.05, 0) is 44.9 Å². The topological polar surface area (TPSA) is 78.5 Å². The summed E-state index contributed by atoms with van der Waals surface area (Å²) >= 11 is 0. The molecule has 23 heavy (non-hydrogen) atoms. The van der Waals surface area contributed by atoms with Crippen LogP contribution >= 0.6 is 12.4 Å². The van der Waals surface area contributed by atoms with Crippen LogP contribution in [0.1, 0.15) is 51.4 Å². The molecular formula is C15H28ClN3O3S. The molecule has 2 unspecified atom stereocenters. The molecule has 3 saturated heterocycles. The van der Waals surface area contributed by atoms with Crippen molar-refractivity contribution in [1.29, 1.82) is 0 Å². The Hall–Kier alpha value is -0.370. The van der Waals surface area contributed by atoms with E-state index in [2.05, 4.69) is 10.6 Å². The zero-order valence-electron chi connectivity index (χ0n) is 13.5. The van der Waals surface area contributed by atoms with Crippen LogP contribution in [0.4, 0.5) is 0 Å². The molecule has 3 rings (SSSR count).